The van der Waals surface area contributed by atoms with E-state index in [9.17, 15) is 9.18 Å². The van der Waals surface area contributed by atoms with Gasteiger partial charge in [0, 0.05) is 4.47 Å². The molecule has 1 amide bonds. The van der Waals surface area contributed by atoms with Gasteiger partial charge in [0.1, 0.15) is 12.1 Å². The maximum absolute atomic E-state index is 13.8. The third-order valence-electron chi connectivity index (χ3n) is 2.92. The monoisotopic (exact) mass is 361 g/mol. The first-order valence-corrected chi connectivity index (χ1v) is 7.03. The molecule has 2 aromatic carbocycles. The molecule has 1 aromatic heterocycles. The van der Waals surface area contributed by atoms with Crippen molar-refractivity contribution in [2.45, 2.75) is 0 Å². The Morgan fingerprint density at radius 3 is 2.77 bits per heavy atom. The van der Waals surface area contributed by atoms with Crippen LogP contribution in [0.4, 0.5) is 10.1 Å². The molecule has 1 heterocycles. The fraction of sp³-hybridized carbons (Fsp3) is 0. The number of para-hydroxylation sites is 1. The molecule has 3 rings (SSSR count). The van der Waals surface area contributed by atoms with E-state index in [1.165, 1.54) is 23.1 Å². The Kier molecular flexibility index (Phi) is 3.92. The number of benzene rings is 2. The maximum atomic E-state index is 13.8. The van der Waals surface area contributed by atoms with Crippen LogP contribution in [0.25, 0.3) is 5.69 Å². The molecule has 0 aliphatic carbocycles. The molecule has 3 aromatic rings. The number of hydrogen-bond acceptors (Lipinski definition) is 4. The number of aromatic nitrogens is 4. The van der Waals surface area contributed by atoms with Crippen molar-refractivity contribution in [3.63, 3.8) is 0 Å². The van der Waals surface area contributed by atoms with E-state index in [1.54, 1.807) is 30.3 Å². The highest BCUT2D eigenvalue weighted by atomic mass is 79.9. The quantitative estimate of drug-likeness (QED) is 0.778. The molecule has 22 heavy (non-hydrogen) atoms. The van der Waals surface area contributed by atoms with Crippen molar-refractivity contribution in [2.24, 2.45) is 0 Å². The summed E-state index contributed by atoms with van der Waals surface area (Å²) >= 11 is 3.17. The topological polar surface area (TPSA) is 72.7 Å². The highest BCUT2D eigenvalue weighted by molar-refractivity contribution is 9.10. The number of amides is 1. The predicted molar refractivity (Wildman–Crippen MR) is 81.2 cm³/mol. The minimum absolute atomic E-state index is 0.0970. The van der Waals surface area contributed by atoms with E-state index in [-0.39, 0.29) is 5.69 Å². The van der Waals surface area contributed by atoms with E-state index in [4.69, 9.17) is 0 Å². The van der Waals surface area contributed by atoms with Crippen molar-refractivity contribution in [3.8, 4) is 5.69 Å². The van der Waals surface area contributed by atoms with Crippen molar-refractivity contribution in [2.75, 3.05) is 5.32 Å². The molecule has 0 radical (unpaired) electrons. The molecule has 0 bridgehead atoms. The first-order chi connectivity index (χ1) is 10.6. The van der Waals surface area contributed by atoms with Gasteiger partial charge in [0.2, 0.25) is 0 Å². The van der Waals surface area contributed by atoms with Crippen LogP contribution in [-0.2, 0) is 0 Å². The van der Waals surface area contributed by atoms with Gasteiger partial charge in [-0.3, -0.25) is 4.79 Å². The van der Waals surface area contributed by atoms with Crippen molar-refractivity contribution < 1.29 is 9.18 Å². The van der Waals surface area contributed by atoms with Crippen molar-refractivity contribution in [1.29, 1.82) is 0 Å². The summed E-state index contributed by atoms with van der Waals surface area (Å²) in [7, 11) is 0. The highest BCUT2D eigenvalue weighted by Gasteiger charge is 2.15. The van der Waals surface area contributed by atoms with Crippen LogP contribution in [0.2, 0.25) is 0 Å². The van der Waals surface area contributed by atoms with E-state index in [2.05, 4.69) is 36.8 Å². The van der Waals surface area contributed by atoms with Gasteiger partial charge in [-0.2, -0.15) is 4.68 Å². The van der Waals surface area contributed by atoms with Crippen LogP contribution in [0.15, 0.2) is 53.3 Å². The molecular formula is C14H9BrFN5O. The van der Waals surface area contributed by atoms with Gasteiger partial charge < -0.3 is 5.32 Å². The molecule has 110 valence electrons. The predicted octanol–water partition coefficient (Wildman–Crippen LogP) is 2.82. The summed E-state index contributed by atoms with van der Waals surface area (Å²) < 4.78 is 15.8. The zero-order chi connectivity index (χ0) is 15.5. The lowest BCUT2D eigenvalue weighted by Crippen LogP contribution is -2.16. The van der Waals surface area contributed by atoms with E-state index in [1.807, 2.05) is 0 Å². The summed E-state index contributed by atoms with van der Waals surface area (Å²) in [5, 5.41) is 13.4. The van der Waals surface area contributed by atoms with Crippen LogP contribution in [0, 0.1) is 5.82 Å². The first-order valence-electron chi connectivity index (χ1n) is 6.24. The second-order valence-corrected chi connectivity index (χ2v) is 5.27. The van der Waals surface area contributed by atoms with Crippen LogP contribution in [0.3, 0.4) is 0 Å². The van der Waals surface area contributed by atoms with Gasteiger partial charge in [0.05, 0.1) is 16.9 Å². The number of carbonyl (C=O) groups is 1. The Labute approximate surface area is 133 Å². The molecular weight excluding hydrogens is 353 g/mol. The number of halogens is 2. The largest absolute Gasteiger partial charge is 0.319 e. The van der Waals surface area contributed by atoms with Gasteiger partial charge in [0.25, 0.3) is 5.91 Å². The zero-order valence-electron chi connectivity index (χ0n) is 11.1. The number of nitrogens with one attached hydrogen (secondary N) is 1. The molecule has 0 spiro atoms. The second-order valence-electron chi connectivity index (χ2n) is 4.35. The first kappa shape index (κ1) is 14.3. The molecule has 0 saturated heterocycles. The molecule has 0 aliphatic heterocycles. The fourth-order valence-corrected chi connectivity index (χ4v) is 2.25. The van der Waals surface area contributed by atoms with Gasteiger partial charge in [-0.25, -0.2) is 4.39 Å². The summed E-state index contributed by atoms with van der Waals surface area (Å²) in [6.45, 7) is 0. The number of anilines is 1. The number of hydrogen-bond donors (Lipinski definition) is 1. The molecule has 0 aliphatic rings. The van der Waals surface area contributed by atoms with Crippen LogP contribution in [-0.4, -0.2) is 26.1 Å². The summed E-state index contributed by atoms with van der Waals surface area (Å²) in [4.78, 5) is 12.4. The lowest BCUT2D eigenvalue weighted by Gasteiger charge is -2.10. The molecule has 0 fully saturated rings. The third-order valence-corrected chi connectivity index (χ3v) is 3.42. The third kappa shape index (κ3) is 2.86. The molecule has 0 saturated carbocycles. The van der Waals surface area contributed by atoms with Gasteiger partial charge in [-0.05, 0) is 40.8 Å². The summed E-state index contributed by atoms with van der Waals surface area (Å²) in [5.41, 5.74) is 0.930. The summed E-state index contributed by atoms with van der Waals surface area (Å²) in [6.07, 6.45) is 1.38. The van der Waals surface area contributed by atoms with Gasteiger partial charge in [0.15, 0.2) is 0 Å². The number of rotatable bonds is 3. The van der Waals surface area contributed by atoms with E-state index < -0.39 is 11.7 Å². The molecule has 0 unspecified atom stereocenters. The van der Waals surface area contributed by atoms with Gasteiger partial charge in [-0.15, -0.1) is 5.10 Å². The maximum Gasteiger partial charge on any atom is 0.257 e. The lowest BCUT2D eigenvalue weighted by molar-refractivity contribution is 0.102. The van der Waals surface area contributed by atoms with Crippen molar-refractivity contribution >= 4 is 27.5 Å². The fourth-order valence-electron chi connectivity index (χ4n) is 1.92. The van der Waals surface area contributed by atoms with Crippen LogP contribution in [0.5, 0.6) is 0 Å². The lowest BCUT2D eigenvalue weighted by atomic mass is 10.1. The van der Waals surface area contributed by atoms with Crippen LogP contribution in [0.1, 0.15) is 10.4 Å². The highest BCUT2D eigenvalue weighted by Crippen LogP contribution is 2.21. The van der Waals surface area contributed by atoms with Gasteiger partial charge >= 0.3 is 0 Å². The number of tetrazole rings is 1. The average molecular weight is 362 g/mol. The minimum atomic E-state index is -0.525. The van der Waals surface area contributed by atoms with Crippen molar-refractivity contribution in [3.05, 3.63) is 64.6 Å². The number of carbonyl (C=O) groups excluding carboxylic acids is 1. The van der Waals surface area contributed by atoms with E-state index in [0.717, 1.165) is 0 Å². The standard InChI is InChI=1S/C14H9BrFN5O/c15-9-5-6-12(11(16)7-9)18-14(22)10-3-1-2-4-13(10)21-8-17-19-20-21/h1-8H,(H,18,22). The summed E-state index contributed by atoms with van der Waals surface area (Å²) in [6, 6.07) is 11.2. The average Bonchev–Trinajstić information content (AvgIpc) is 3.04. The normalized spacial score (nSPS) is 10.5. The Hall–Kier alpha value is -2.61. The van der Waals surface area contributed by atoms with E-state index >= 15 is 0 Å². The smallest absolute Gasteiger partial charge is 0.257 e. The molecule has 6 nitrogen and oxygen atoms in total. The zero-order valence-corrected chi connectivity index (χ0v) is 12.7. The SMILES string of the molecule is O=C(Nc1ccc(Br)cc1F)c1ccccc1-n1cnnn1. The Morgan fingerprint density at radius 2 is 2.05 bits per heavy atom. The Bertz CT molecular complexity index is 822. The van der Waals surface area contributed by atoms with Gasteiger partial charge in [-0.1, -0.05) is 28.1 Å². The Morgan fingerprint density at radius 1 is 1.23 bits per heavy atom. The van der Waals surface area contributed by atoms with Crippen molar-refractivity contribution in [1.82, 2.24) is 20.2 Å². The van der Waals surface area contributed by atoms with Crippen LogP contribution < -0.4 is 5.32 Å². The molecule has 8 heteroatoms. The number of nitrogens with zero attached hydrogens (tertiary/aromatic N) is 4. The minimum Gasteiger partial charge on any atom is -0.319 e. The molecule has 1 N–H and O–H groups in total. The summed E-state index contributed by atoms with van der Waals surface area (Å²) in [5.74, 6) is -0.977. The van der Waals surface area contributed by atoms with E-state index in [0.29, 0.717) is 15.7 Å². The van der Waals surface area contributed by atoms with Crippen LogP contribution >= 0.6 is 15.9 Å². The second kappa shape index (κ2) is 6.02. The Balaban J connectivity index is 1.93. The molecule has 0 atom stereocenters.